The average Bonchev–Trinajstić information content (AvgIpc) is 2.78. The molecule has 0 saturated carbocycles. The van der Waals surface area contributed by atoms with Crippen LogP contribution in [0, 0.1) is 5.41 Å². The maximum Gasteiger partial charge on any atom is 0.144 e. The van der Waals surface area contributed by atoms with E-state index in [4.69, 9.17) is 10.9 Å². The Morgan fingerprint density at radius 1 is 1.53 bits per heavy atom. The van der Waals surface area contributed by atoms with Crippen molar-refractivity contribution in [2.75, 3.05) is 13.1 Å². The fourth-order valence-corrected chi connectivity index (χ4v) is 1.78. The lowest BCUT2D eigenvalue weighted by atomic mass is 9.86. The Morgan fingerprint density at radius 2 is 2.26 bits per heavy atom. The Labute approximate surface area is 113 Å². The fourth-order valence-electron chi connectivity index (χ4n) is 1.78. The van der Waals surface area contributed by atoms with Crippen molar-refractivity contribution in [3.63, 3.8) is 0 Å². The summed E-state index contributed by atoms with van der Waals surface area (Å²) in [6.07, 6.45) is 4.41. The molecule has 108 valence electrons. The van der Waals surface area contributed by atoms with Gasteiger partial charge in [-0.3, -0.25) is 0 Å². The minimum Gasteiger partial charge on any atom is -0.409 e. The number of nitrogens with two attached hydrogens (primary N) is 1. The monoisotopic (exact) mass is 268 g/mol. The third kappa shape index (κ3) is 4.86. The van der Waals surface area contributed by atoms with Crippen molar-refractivity contribution in [1.29, 1.82) is 0 Å². The van der Waals surface area contributed by atoms with E-state index in [1.54, 1.807) is 6.33 Å². The van der Waals surface area contributed by atoms with Crippen LogP contribution in [0.2, 0.25) is 0 Å². The second-order valence-electron chi connectivity index (χ2n) is 5.33. The predicted molar refractivity (Wildman–Crippen MR) is 74.0 cm³/mol. The number of hydrogen-bond acceptors (Lipinski definition) is 5. The Hall–Kier alpha value is -1.63. The number of nitrogens with one attached hydrogen (secondary N) is 1. The summed E-state index contributed by atoms with van der Waals surface area (Å²) in [5.41, 5.74) is 5.37. The van der Waals surface area contributed by atoms with E-state index in [9.17, 15) is 0 Å². The maximum atomic E-state index is 8.67. The molecule has 19 heavy (non-hydrogen) atoms. The van der Waals surface area contributed by atoms with E-state index >= 15 is 0 Å². The molecule has 7 nitrogen and oxygen atoms in total. The van der Waals surface area contributed by atoms with Crippen LogP contribution < -0.4 is 11.1 Å². The topological polar surface area (TPSA) is 101 Å². The van der Waals surface area contributed by atoms with Gasteiger partial charge in [0.1, 0.15) is 18.0 Å². The van der Waals surface area contributed by atoms with Crippen LogP contribution >= 0.6 is 0 Å². The van der Waals surface area contributed by atoms with Crippen LogP contribution in [0.1, 0.15) is 32.5 Å². The van der Waals surface area contributed by atoms with Crippen LogP contribution in [0.4, 0.5) is 0 Å². The molecule has 4 N–H and O–H groups in total. The number of nitrogens with zero attached hydrogens (tertiary/aromatic N) is 4. The van der Waals surface area contributed by atoms with Crippen LogP contribution in [-0.4, -0.2) is 38.9 Å². The number of aryl methyl sites for hydroxylation is 1. The molecule has 0 aromatic carbocycles. The number of amidine groups is 1. The molecular formula is C12H24N6O. The van der Waals surface area contributed by atoms with Gasteiger partial charge in [-0.25, -0.2) is 0 Å². The number of aromatic nitrogens is 3. The summed E-state index contributed by atoms with van der Waals surface area (Å²) < 4.78 is 1.92. The lowest BCUT2D eigenvalue weighted by molar-refractivity contribution is 0.304. The normalized spacial score (nSPS) is 12.9. The van der Waals surface area contributed by atoms with Gasteiger partial charge in [-0.2, -0.15) is 0 Å². The minimum atomic E-state index is -0.264. The number of hydrogen-bond donors (Lipinski definition) is 3. The summed E-state index contributed by atoms with van der Waals surface area (Å²) >= 11 is 0. The van der Waals surface area contributed by atoms with Crippen LogP contribution in [0.5, 0.6) is 0 Å². The smallest absolute Gasteiger partial charge is 0.144 e. The first-order chi connectivity index (χ1) is 8.97. The predicted octanol–water partition coefficient (Wildman–Crippen LogP) is 0.500. The van der Waals surface area contributed by atoms with Gasteiger partial charge in [-0.15, -0.1) is 10.2 Å². The summed E-state index contributed by atoms with van der Waals surface area (Å²) in [5, 5.41) is 23.0. The van der Waals surface area contributed by atoms with E-state index in [0.717, 1.165) is 38.2 Å². The van der Waals surface area contributed by atoms with Gasteiger partial charge in [-0.05, 0) is 19.4 Å². The molecule has 0 atom stereocenters. The summed E-state index contributed by atoms with van der Waals surface area (Å²) in [6.45, 7) is 5.72. The molecule has 0 aliphatic heterocycles. The van der Waals surface area contributed by atoms with Crippen molar-refractivity contribution in [2.45, 2.75) is 33.1 Å². The van der Waals surface area contributed by atoms with E-state index in [2.05, 4.69) is 20.7 Å². The van der Waals surface area contributed by atoms with Gasteiger partial charge in [0, 0.05) is 25.4 Å². The van der Waals surface area contributed by atoms with E-state index in [1.165, 1.54) is 0 Å². The van der Waals surface area contributed by atoms with Crippen LogP contribution in [0.25, 0.3) is 0 Å². The van der Waals surface area contributed by atoms with E-state index in [1.807, 2.05) is 25.5 Å². The average molecular weight is 268 g/mol. The lowest BCUT2D eigenvalue weighted by Crippen LogP contribution is -2.32. The highest BCUT2D eigenvalue weighted by Crippen LogP contribution is 2.21. The second kappa shape index (κ2) is 7.08. The van der Waals surface area contributed by atoms with Gasteiger partial charge in [0.2, 0.25) is 0 Å². The second-order valence-corrected chi connectivity index (χ2v) is 5.33. The molecule has 0 unspecified atom stereocenters. The summed E-state index contributed by atoms with van der Waals surface area (Å²) in [7, 11) is 1.94. The Kier molecular flexibility index (Phi) is 5.75. The molecule has 0 fully saturated rings. The first-order valence-corrected chi connectivity index (χ1v) is 6.49. The zero-order valence-electron chi connectivity index (χ0n) is 11.9. The molecule has 0 radical (unpaired) electrons. The van der Waals surface area contributed by atoms with Crippen molar-refractivity contribution in [1.82, 2.24) is 20.1 Å². The third-order valence-corrected chi connectivity index (χ3v) is 3.29. The van der Waals surface area contributed by atoms with Crippen molar-refractivity contribution in [2.24, 2.45) is 23.4 Å². The lowest BCUT2D eigenvalue weighted by Gasteiger charge is -2.22. The van der Waals surface area contributed by atoms with Gasteiger partial charge < -0.3 is 20.8 Å². The van der Waals surface area contributed by atoms with Crippen LogP contribution in [0.3, 0.4) is 0 Å². The number of rotatable bonds is 8. The maximum absolute atomic E-state index is 8.67. The molecular weight excluding hydrogens is 244 g/mol. The molecule has 0 amide bonds. The zero-order valence-corrected chi connectivity index (χ0v) is 11.9. The van der Waals surface area contributed by atoms with Gasteiger partial charge in [0.25, 0.3) is 0 Å². The Morgan fingerprint density at radius 3 is 2.84 bits per heavy atom. The van der Waals surface area contributed by atoms with Gasteiger partial charge in [0.05, 0.1) is 0 Å². The quantitative estimate of drug-likeness (QED) is 0.209. The van der Waals surface area contributed by atoms with Gasteiger partial charge >= 0.3 is 0 Å². The number of oxime groups is 1. The Balaban J connectivity index is 2.14. The molecule has 0 bridgehead atoms. The van der Waals surface area contributed by atoms with Crippen molar-refractivity contribution < 1.29 is 5.21 Å². The highest BCUT2D eigenvalue weighted by atomic mass is 16.4. The molecule has 7 heteroatoms. The summed E-state index contributed by atoms with van der Waals surface area (Å²) in [4.78, 5) is 0. The fraction of sp³-hybridized carbons (Fsp3) is 0.750. The highest BCUT2D eigenvalue weighted by molar-refractivity contribution is 5.85. The van der Waals surface area contributed by atoms with E-state index in [-0.39, 0.29) is 11.3 Å². The molecule has 0 aliphatic rings. The third-order valence-electron chi connectivity index (χ3n) is 3.29. The largest absolute Gasteiger partial charge is 0.409 e. The molecule has 0 spiro atoms. The van der Waals surface area contributed by atoms with Crippen LogP contribution in [-0.2, 0) is 13.5 Å². The molecule has 1 aromatic rings. The summed E-state index contributed by atoms with van der Waals surface area (Å²) in [6, 6.07) is 0. The van der Waals surface area contributed by atoms with E-state index < -0.39 is 0 Å². The molecule has 1 heterocycles. The molecule has 1 aromatic heterocycles. The minimum absolute atomic E-state index is 0.264. The van der Waals surface area contributed by atoms with Crippen molar-refractivity contribution >= 4 is 5.84 Å². The molecule has 0 aliphatic carbocycles. The molecule has 1 rings (SSSR count). The van der Waals surface area contributed by atoms with E-state index in [0.29, 0.717) is 0 Å². The Bertz CT molecular complexity index is 412. The highest BCUT2D eigenvalue weighted by Gasteiger charge is 2.22. The SMILES string of the molecule is Cn1cnnc1CCNCCCC(C)(C)C(N)=NO. The molecule has 0 saturated heterocycles. The van der Waals surface area contributed by atoms with Crippen molar-refractivity contribution in [3.8, 4) is 0 Å². The van der Waals surface area contributed by atoms with Crippen LogP contribution in [0.15, 0.2) is 11.5 Å². The van der Waals surface area contributed by atoms with Gasteiger partial charge in [-0.1, -0.05) is 19.0 Å². The van der Waals surface area contributed by atoms with Crippen molar-refractivity contribution in [3.05, 3.63) is 12.2 Å². The first kappa shape index (κ1) is 15.4. The standard InChI is InChI=1S/C12H24N6O/c1-12(2,11(13)17-19)6-4-7-14-8-5-10-16-15-9-18(10)3/h9,14,19H,4-8H2,1-3H3,(H2,13,17). The zero-order chi connectivity index (χ0) is 14.3. The first-order valence-electron chi connectivity index (χ1n) is 6.49. The van der Waals surface area contributed by atoms with Gasteiger partial charge in [0.15, 0.2) is 0 Å². The summed E-state index contributed by atoms with van der Waals surface area (Å²) in [5.74, 6) is 1.26.